The molecule has 2 heteroatoms. The molecular formula is C13H25NO. The highest BCUT2D eigenvalue weighted by Gasteiger charge is 2.44. The number of hydrogen-bond acceptors (Lipinski definition) is 1. The second-order valence-electron chi connectivity index (χ2n) is 6.02. The van der Waals surface area contributed by atoms with Gasteiger partial charge in [-0.1, -0.05) is 27.7 Å². The Morgan fingerprint density at radius 1 is 1.27 bits per heavy atom. The molecule has 1 aliphatic rings. The van der Waals surface area contributed by atoms with Crippen molar-refractivity contribution >= 4 is 5.91 Å². The van der Waals surface area contributed by atoms with E-state index in [9.17, 15) is 4.79 Å². The van der Waals surface area contributed by atoms with Crippen molar-refractivity contribution in [3.05, 3.63) is 0 Å². The van der Waals surface area contributed by atoms with Crippen molar-refractivity contribution in [3.8, 4) is 0 Å². The predicted molar refractivity (Wildman–Crippen MR) is 63.6 cm³/mol. The van der Waals surface area contributed by atoms with Gasteiger partial charge in [0.2, 0.25) is 5.91 Å². The molecule has 15 heavy (non-hydrogen) atoms. The maximum absolute atomic E-state index is 11.5. The Morgan fingerprint density at radius 2 is 1.73 bits per heavy atom. The fourth-order valence-electron chi connectivity index (χ4n) is 3.13. The van der Waals surface area contributed by atoms with Crippen LogP contribution in [0.25, 0.3) is 0 Å². The minimum atomic E-state index is 0.208. The maximum Gasteiger partial charge on any atom is 0.220 e. The molecule has 0 aromatic rings. The number of amides is 1. The smallest absolute Gasteiger partial charge is 0.220 e. The Balaban J connectivity index is 2.80. The molecule has 1 heterocycles. The fraction of sp³-hybridized carbons (Fsp3) is 0.923. The van der Waals surface area contributed by atoms with Gasteiger partial charge in [0.25, 0.3) is 0 Å². The zero-order valence-electron chi connectivity index (χ0n) is 10.8. The van der Waals surface area contributed by atoms with E-state index in [0.717, 1.165) is 19.3 Å². The van der Waals surface area contributed by atoms with Crippen molar-refractivity contribution < 1.29 is 4.79 Å². The van der Waals surface area contributed by atoms with E-state index in [0.29, 0.717) is 17.9 Å². The third-order valence-electron chi connectivity index (χ3n) is 3.44. The van der Waals surface area contributed by atoms with Gasteiger partial charge in [-0.25, -0.2) is 0 Å². The van der Waals surface area contributed by atoms with E-state index in [-0.39, 0.29) is 11.3 Å². The summed E-state index contributed by atoms with van der Waals surface area (Å²) >= 11 is 0. The quantitative estimate of drug-likeness (QED) is 0.761. The van der Waals surface area contributed by atoms with Crippen LogP contribution in [0.1, 0.15) is 53.9 Å². The van der Waals surface area contributed by atoms with Gasteiger partial charge in [0.1, 0.15) is 0 Å². The van der Waals surface area contributed by atoms with Crippen molar-refractivity contribution in [2.75, 3.05) is 0 Å². The van der Waals surface area contributed by atoms with E-state index in [4.69, 9.17) is 0 Å². The number of rotatable bonds is 4. The van der Waals surface area contributed by atoms with Crippen LogP contribution in [0.2, 0.25) is 0 Å². The van der Waals surface area contributed by atoms with Crippen LogP contribution in [0.15, 0.2) is 0 Å². The van der Waals surface area contributed by atoms with Crippen molar-refractivity contribution in [1.29, 1.82) is 0 Å². The average molecular weight is 211 g/mol. The Kier molecular flexibility index (Phi) is 3.80. The summed E-state index contributed by atoms with van der Waals surface area (Å²) < 4.78 is 0. The highest BCUT2D eigenvalue weighted by atomic mass is 16.2. The first-order chi connectivity index (χ1) is 6.85. The van der Waals surface area contributed by atoms with Crippen molar-refractivity contribution in [2.24, 2.45) is 17.3 Å². The van der Waals surface area contributed by atoms with Crippen LogP contribution >= 0.6 is 0 Å². The molecule has 88 valence electrons. The highest BCUT2D eigenvalue weighted by molar-refractivity contribution is 5.79. The van der Waals surface area contributed by atoms with Gasteiger partial charge in [-0.05, 0) is 37.0 Å². The van der Waals surface area contributed by atoms with E-state index in [2.05, 4.69) is 39.9 Å². The van der Waals surface area contributed by atoms with Crippen LogP contribution in [0, 0.1) is 17.3 Å². The van der Waals surface area contributed by atoms with Gasteiger partial charge in [-0.15, -0.1) is 0 Å². The summed E-state index contributed by atoms with van der Waals surface area (Å²) in [7, 11) is 0. The number of carbonyl (C=O) groups is 1. The standard InChI is InChI=1S/C13H25NO/c1-9(2)6-13(7-10(3)4)8-12(15)14-11(13)5/h9-11H,6-8H2,1-5H3,(H,14,15). The molecular weight excluding hydrogens is 186 g/mol. The molecule has 1 atom stereocenters. The van der Waals surface area contributed by atoms with Gasteiger partial charge in [0.15, 0.2) is 0 Å². The van der Waals surface area contributed by atoms with Gasteiger partial charge in [0.05, 0.1) is 0 Å². The van der Waals surface area contributed by atoms with Gasteiger partial charge >= 0.3 is 0 Å². The van der Waals surface area contributed by atoms with Gasteiger partial charge in [-0.2, -0.15) is 0 Å². The molecule has 1 amide bonds. The van der Waals surface area contributed by atoms with Crippen molar-refractivity contribution in [3.63, 3.8) is 0 Å². The average Bonchev–Trinajstić information content (AvgIpc) is 2.22. The second kappa shape index (κ2) is 4.54. The largest absolute Gasteiger partial charge is 0.353 e. The summed E-state index contributed by atoms with van der Waals surface area (Å²) in [5.41, 5.74) is 0.208. The topological polar surface area (TPSA) is 29.1 Å². The van der Waals surface area contributed by atoms with Crippen LogP contribution in [-0.4, -0.2) is 11.9 Å². The SMILES string of the molecule is CC(C)CC1(CC(C)C)CC(=O)NC1C. The first-order valence-corrected chi connectivity index (χ1v) is 6.15. The summed E-state index contributed by atoms with van der Waals surface area (Å²) in [6.45, 7) is 11.2. The summed E-state index contributed by atoms with van der Waals surface area (Å²) in [6, 6.07) is 0.342. The van der Waals surface area contributed by atoms with E-state index < -0.39 is 0 Å². The monoisotopic (exact) mass is 211 g/mol. The molecule has 1 unspecified atom stereocenters. The van der Waals surface area contributed by atoms with Crippen LogP contribution in [0.3, 0.4) is 0 Å². The highest BCUT2D eigenvalue weighted by Crippen LogP contribution is 2.43. The normalized spacial score (nSPS) is 25.0. The van der Waals surface area contributed by atoms with E-state index in [1.807, 2.05) is 0 Å². The lowest BCUT2D eigenvalue weighted by Gasteiger charge is -2.35. The second-order valence-corrected chi connectivity index (χ2v) is 6.02. The Hall–Kier alpha value is -0.530. The minimum absolute atomic E-state index is 0.208. The maximum atomic E-state index is 11.5. The van der Waals surface area contributed by atoms with Crippen LogP contribution in [-0.2, 0) is 4.79 Å². The predicted octanol–water partition coefficient (Wildman–Crippen LogP) is 2.97. The van der Waals surface area contributed by atoms with Gasteiger partial charge in [0, 0.05) is 12.5 Å². The lowest BCUT2D eigenvalue weighted by Crippen LogP contribution is -2.36. The van der Waals surface area contributed by atoms with E-state index >= 15 is 0 Å². The number of hydrogen-bond donors (Lipinski definition) is 1. The molecule has 1 rings (SSSR count). The molecule has 0 radical (unpaired) electrons. The summed E-state index contributed by atoms with van der Waals surface area (Å²) in [5.74, 6) is 1.57. The lowest BCUT2D eigenvalue weighted by molar-refractivity contribution is -0.119. The Bertz CT molecular complexity index is 223. The van der Waals surface area contributed by atoms with Crippen LogP contribution in [0.5, 0.6) is 0 Å². The first-order valence-electron chi connectivity index (χ1n) is 6.15. The molecule has 0 saturated carbocycles. The number of carbonyl (C=O) groups excluding carboxylic acids is 1. The van der Waals surface area contributed by atoms with E-state index in [1.54, 1.807) is 0 Å². The molecule has 0 aromatic heterocycles. The molecule has 1 aliphatic heterocycles. The third-order valence-corrected chi connectivity index (χ3v) is 3.44. The zero-order chi connectivity index (χ0) is 11.6. The number of nitrogens with one attached hydrogen (secondary N) is 1. The molecule has 1 fully saturated rings. The molecule has 1 saturated heterocycles. The molecule has 0 bridgehead atoms. The zero-order valence-corrected chi connectivity index (χ0v) is 10.8. The summed E-state index contributed by atoms with van der Waals surface area (Å²) in [6.07, 6.45) is 3.04. The molecule has 1 N–H and O–H groups in total. The third kappa shape index (κ3) is 2.96. The lowest BCUT2D eigenvalue weighted by atomic mass is 9.69. The van der Waals surface area contributed by atoms with Crippen LogP contribution < -0.4 is 5.32 Å². The van der Waals surface area contributed by atoms with Gasteiger partial charge in [-0.3, -0.25) is 4.79 Å². The molecule has 2 nitrogen and oxygen atoms in total. The van der Waals surface area contributed by atoms with Crippen molar-refractivity contribution in [1.82, 2.24) is 5.32 Å². The minimum Gasteiger partial charge on any atom is -0.353 e. The molecule has 0 spiro atoms. The Morgan fingerprint density at radius 3 is 2.00 bits per heavy atom. The van der Waals surface area contributed by atoms with Crippen molar-refractivity contribution in [2.45, 2.75) is 59.9 Å². The van der Waals surface area contributed by atoms with Crippen LogP contribution in [0.4, 0.5) is 0 Å². The van der Waals surface area contributed by atoms with E-state index in [1.165, 1.54) is 0 Å². The Labute approximate surface area is 93.8 Å². The fourth-order valence-corrected chi connectivity index (χ4v) is 3.13. The van der Waals surface area contributed by atoms with Gasteiger partial charge < -0.3 is 5.32 Å². The molecule has 0 aliphatic carbocycles. The summed E-state index contributed by atoms with van der Waals surface area (Å²) in [5, 5.41) is 3.08. The summed E-state index contributed by atoms with van der Waals surface area (Å²) in [4.78, 5) is 11.5. The molecule has 0 aromatic carbocycles. The first kappa shape index (κ1) is 12.5.